The second kappa shape index (κ2) is 6.44. The topological polar surface area (TPSA) is 29.1 Å². The highest BCUT2D eigenvalue weighted by Gasteiger charge is 2.19. The predicted octanol–water partition coefficient (Wildman–Crippen LogP) is 2.89. The number of hydrogen-bond donors (Lipinski definition) is 1. The van der Waals surface area contributed by atoms with Gasteiger partial charge in [-0.05, 0) is 18.9 Å². The average Bonchev–Trinajstić information content (AvgIpc) is 2.28. The first-order chi connectivity index (χ1) is 7.65. The molecule has 1 aromatic rings. The molecule has 0 aliphatic rings. The van der Waals surface area contributed by atoms with E-state index in [4.69, 9.17) is 0 Å². The van der Waals surface area contributed by atoms with Crippen LogP contribution < -0.4 is 5.32 Å². The van der Waals surface area contributed by atoms with Crippen molar-refractivity contribution in [2.45, 2.75) is 33.2 Å². The molecule has 0 amide bonds. The summed E-state index contributed by atoms with van der Waals surface area (Å²) >= 11 is 0. The van der Waals surface area contributed by atoms with E-state index < -0.39 is 0 Å². The number of carbonyl (C=O) groups excluding carboxylic acids is 1. The van der Waals surface area contributed by atoms with E-state index >= 15 is 0 Å². The second-order valence-corrected chi connectivity index (χ2v) is 4.47. The molecular weight excluding hydrogens is 198 g/mol. The van der Waals surface area contributed by atoms with Gasteiger partial charge in [0.05, 0.1) is 6.04 Å². The first kappa shape index (κ1) is 12.9. The summed E-state index contributed by atoms with van der Waals surface area (Å²) < 4.78 is 0. The molecule has 0 spiro atoms. The van der Waals surface area contributed by atoms with Gasteiger partial charge < -0.3 is 5.32 Å². The highest BCUT2D eigenvalue weighted by molar-refractivity contribution is 6.00. The molecule has 1 unspecified atom stereocenters. The highest BCUT2D eigenvalue weighted by Crippen LogP contribution is 2.11. The largest absolute Gasteiger partial charge is 0.307 e. The number of rotatable bonds is 6. The van der Waals surface area contributed by atoms with Crippen LogP contribution in [0.15, 0.2) is 30.3 Å². The number of carbonyl (C=O) groups is 1. The van der Waals surface area contributed by atoms with Crippen molar-refractivity contribution in [3.05, 3.63) is 35.9 Å². The fraction of sp³-hybridized carbons (Fsp3) is 0.500. The maximum absolute atomic E-state index is 12.2. The van der Waals surface area contributed by atoms with Gasteiger partial charge in [0.1, 0.15) is 0 Å². The van der Waals surface area contributed by atoms with Crippen molar-refractivity contribution in [2.75, 3.05) is 6.54 Å². The first-order valence-corrected chi connectivity index (χ1v) is 5.97. The van der Waals surface area contributed by atoms with Gasteiger partial charge in [0.15, 0.2) is 5.78 Å². The third-order valence-corrected chi connectivity index (χ3v) is 2.53. The molecule has 1 atom stereocenters. The van der Waals surface area contributed by atoms with E-state index in [0.717, 1.165) is 18.5 Å². The van der Waals surface area contributed by atoms with E-state index in [1.807, 2.05) is 37.3 Å². The number of hydrogen-bond acceptors (Lipinski definition) is 2. The van der Waals surface area contributed by atoms with Gasteiger partial charge in [-0.3, -0.25) is 4.79 Å². The van der Waals surface area contributed by atoms with E-state index in [2.05, 4.69) is 19.2 Å². The summed E-state index contributed by atoms with van der Waals surface area (Å²) in [5.41, 5.74) is 0.800. The van der Waals surface area contributed by atoms with Crippen molar-refractivity contribution in [1.29, 1.82) is 0 Å². The zero-order valence-corrected chi connectivity index (χ0v) is 10.4. The minimum Gasteiger partial charge on any atom is -0.307 e. The molecule has 0 bridgehead atoms. The van der Waals surface area contributed by atoms with Crippen LogP contribution in [0.5, 0.6) is 0 Å². The second-order valence-electron chi connectivity index (χ2n) is 4.47. The highest BCUT2D eigenvalue weighted by atomic mass is 16.1. The molecule has 0 fully saturated rings. The van der Waals surface area contributed by atoms with Crippen molar-refractivity contribution in [3.63, 3.8) is 0 Å². The summed E-state index contributed by atoms with van der Waals surface area (Å²) in [6.45, 7) is 7.15. The van der Waals surface area contributed by atoms with Gasteiger partial charge in [0, 0.05) is 5.56 Å². The normalized spacial score (nSPS) is 12.8. The number of nitrogens with one attached hydrogen (secondary N) is 1. The van der Waals surface area contributed by atoms with Crippen LogP contribution in [0.2, 0.25) is 0 Å². The lowest BCUT2D eigenvalue weighted by Crippen LogP contribution is -2.37. The van der Waals surface area contributed by atoms with Gasteiger partial charge in [-0.1, -0.05) is 51.1 Å². The number of Topliss-reactive ketones (excluding diaryl/α,β-unsaturated/α-hetero) is 1. The van der Waals surface area contributed by atoms with Gasteiger partial charge in [0.2, 0.25) is 0 Å². The Morgan fingerprint density at radius 1 is 1.25 bits per heavy atom. The van der Waals surface area contributed by atoms with E-state index in [0.29, 0.717) is 5.92 Å². The molecule has 88 valence electrons. The van der Waals surface area contributed by atoms with Crippen molar-refractivity contribution in [1.82, 2.24) is 5.32 Å². The minimum absolute atomic E-state index is 0.0487. The Balaban J connectivity index is 2.74. The fourth-order valence-corrected chi connectivity index (χ4v) is 1.80. The summed E-state index contributed by atoms with van der Waals surface area (Å²) in [5.74, 6) is 0.730. The summed E-state index contributed by atoms with van der Waals surface area (Å²) in [5, 5.41) is 3.26. The molecule has 0 heterocycles. The zero-order chi connectivity index (χ0) is 12.0. The maximum atomic E-state index is 12.2. The van der Waals surface area contributed by atoms with Gasteiger partial charge in [-0.15, -0.1) is 0 Å². The molecule has 0 saturated carbocycles. The van der Waals surface area contributed by atoms with E-state index in [1.54, 1.807) is 0 Å². The molecule has 0 aliphatic heterocycles. The minimum atomic E-state index is -0.0487. The van der Waals surface area contributed by atoms with Crippen LogP contribution in [0.4, 0.5) is 0 Å². The van der Waals surface area contributed by atoms with Crippen molar-refractivity contribution in [2.24, 2.45) is 5.92 Å². The molecule has 2 nitrogen and oxygen atoms in total. The Morgan fingerprint density at radius 2 is 1.88 bits per heavy atom. The molecule has 16 heavy (non-hydrogen) atoms. The van der Waals surface area contributed by atoms with Crippen LogP contribution in [-0.4, -0.2) is 18.4 Å². The molecule has 2 heteroatoms. The standard InChI is InChI=1S/C14H21NO/c1-4-15-13(10-11(2)3)14(16)12-8-6-5-7-9-12/h5-9,11,13,15H,4,10H2,1-3H3. The van der Waals surface area contributed by atoms with Crippen LogP contribution >= 0.6 is 0 Å². The molecule has 1 rings (SSSR count). The number of ketones is 1. The lowest BCUT2D eigenvalue weighted by molar-refractivity contribution is 0.0931. The average molecular weight is 219 g/mol. The SMILES string of the molecule is CCNC(CC(C)C)C(=O)c1ccccc1. The molecule has 0 aliphatic carbocycles. The first-order valence-electron chi connectivity index (χ1n) is 5.97. The Morgan fingerprint density at radius 3 is 2.38 bits per heavy atom. The molecule has 0 radical (unpaired) electrons. The van der Waals surface area contributed by atoms with Gasteiger partial charge >= 0.3 is 0 Å². The summed E-state index contributed by atoms with van der Waals surface area (Å²) in [4.78, 5) is 12.2. The van der Waals surface area contributed by atoms with Crippen molar-refractivity contribution < 1.29 is 4.79 Å². The summed E-state index contributed by atoms with van der Waals surface area (Å²) in [6, 6.07) is 9.46. The van der Waals surface area contributed by atoms with Crippen LogP contribution in [0.3, 0.4) is 0 Å². The van der Waals surface area contributed by atoms with E-state index in [-0.39, 0.29) is 11.8 Å². The van der Waals surface area contributed by atoms with E-state index in [9.17, 15) is 4.79 Å². The molecular formula is C14H21NO. The Kier molecular flexibility index (Phi) is 5.20. The van der Waals surface area contributed by atoms with Gasteiger partial charge in [-0.2, -0.15) is 0 Å². The van der Waals surface area contributed by atoms with Crippen molar-refractivity contribution >= 4 is 5.78 Å². The zero-order valence-electron chi connectivity index (χ0n) is 10.4. The Bertz CT molecular complexity index is 319. The Labute approximate surface area is 98.1 Å². The van der Waals surface area contributed by atoms with Crippen LogP contribution in [0, 0.1) is 5.92 Å². The van der Waals surface area contributed by atoms with Crippen LogP contribution in [-0.2, 0) is 0 Å². The maximum Gasteiger partial charge on any atom is 0.179 e. The monoisotopic (exact) mass is 219 g/mol. The quantitative estimate of drug-likeness (QED) is 0.745. The predicted molar refractivity (Wildman–Crippen MR) is 67.7 cm³/mol. The third-order valence-electron chi connectivity index (χ3n) is 2.53. The molecule has 1 N–H and O–H groups in total. The van der Waals surface area contributed by atoms with Crippen LogP contribution in [0.25, 0.3) is 0 Å². The van der Waals surface area contributed by atoms with Gasteiger partial charge in [0.25, 0.3) is 0 Å². The lowest BCUT2D eigenvalue weighted by Gasteiger charge is -2.18. The third kappa shape index (κ3) is 3.78. The Hall–Kier alpha value is -1.15. The lowest BCUT2D eigenvalue weighted by atomic mass is 9.96. The summed E-state index contributed by atoms with van der Waals surface area (Å²) in [6.07, 6.45) is 0.890. The van der Waals surface area contributed by atoms with E-state index in [1.165, 1.54) is 0 Å². The van der Waals surface area contributed by atoms with Crippen molar-refractivity contribution in [3.8, 4) is 0 Å². The molecule has 0 saturated heterocycles. The smallest absolute Gasteiger partial charge is 0.179 e. The number of likely N-dealkylation sites (N-methyl/N-ethyl adjacent to an activating group) is 1. The number of benzene rings is 1. The fourth-order valence-electron chi connectivity index (χ4n) is 1.80. The van der Waals surface area contributed by atoms with Gasteiger partial charge in [-0.25, -0.2) is 0 Å². The molecule has 0 aromatic heterocycles. The summed E-state index contributed by atoms with van der Waals surface area (Å²) in [7, 11) is 0. The van der Waals surface area contributed by atoms with Crippen LogP contribution in [0.1, 0.15) is 37.6 Å². The molecule has 1 aromatic carbocycles.